The van der Waals surface area contributed by atoms with Crippen LogP contribution in [0.2, 0.25) is 0 Å². The highest BCUT2D eigenvalue weighted by atomic mass is 32.1. The standard InChI is InChI=1S/C23H22N4O3S/c1-14-4-9-17-18(12-14)31-20(25-17)15-5-7-16(8-6-15)24-19(28)13-27-21(29)23(26-22(27)30)10-2-3-11-23/h4-9,12H,2-3,10-11,13H2,1H3,(H,24,28)(H,26,30). The minimum absolute atomic E-state index is 0.286. The maximum absolute atomic E-state index is 12.7. The van der Waals surface area contributed by atoms with Gasteiger partial charge in [-0.25, -0.2) is 9.78 Å². The number of fused-ring (bicyclic) bond motifs is 1. The van der Waals surface area contributed by atoms with E-state index in [0.29, 0.717) is 18.5 Å². The van der Waals surface area contributed by atoms with Crippen molar-refractivity contribution in [2.75, 3.05) is 11.9 Å². The number of urea groups is 1. The molecule has 1 aliphatic heterocycles. The van der Waals surface area contributed by atoms with E-state index in [-0.39, 0.29) is 12.5 Å². The van der Waals surface area contributed by atoms with E-state index in [1.54, 1.807) is 23.5 Å². The van der Waals surface area contributed by atoms with Crippen molar-refractivity contribution in [3.8, 4) is 10.6 Å². The number of thiazole rings is 1. The number of aryl methyl sites for hydroxylation is 1. The summed E-state index contributed by atoms with van der Waals surface area (Å²) in [6.07, 6.45) is 3.10. The molecule has 2 fully saturated rings. The summed E-state index contributed by atoms with van der Waals surface area (Å²) >= 11 is 1.63. The first-order chi connectivity index (χ1) is 14.9. The lowest BCUT2D eigenvalue weighted by atomic mass is 9.98. The normalized spacial score (nSPS) is 17.5. The van der Waals surface area contributed by atoms with E-state index in [9.17, 15) is 14.4 Å². The summed E-state index contributed by atoms with van der Waals surface area (Å²) in [5.74, 6) is -0.687. The van der Waals surface area contributed by atoms with Gasteiger partial charge in [-0.15, -0.1) is 11.3 Å². The van der Waals surface area contributed by atoms with E-state index in [1.165, 1.54) is 5.56 Å². The third kappa shape index (κ3) is 3.57. The molecule has 1 aromatic heterocycles. The molecule has 0 atom stereocenters. The van der Waals surface area contributed by atoms with Gasteiger partial charge in [0.15, 0.2) is 0 Å². The van der Waals surface area contributed by atoms with Crippen LogP contribution in [0.5, 0.6) is 0 Å². The van der Waals surface area contributed by atoms with Gasteiger partial charge in [-0.2, -0.15) is 0 Å². The summed E-state index contributed by atoms with van der Waals surface area (Å²) in [5, 5.41) is 6.48. The fraction of sp³-hybridized carbons (Fsp3) is 0.304. The minimum Gasteiger partial charge on any atom is -0.325 e. The van der Waals surface area contributed by atoms with Gasteiger partial charge in [0.1, 0.15) is 17.1 Å². The number of benzene rings is 2. The summed E-state index contributed by atoms with van der Waals surface area (Å²) in [5.41, 5.74) is 2.94. The van der Waals surface area contributed by atoms with Crippen molar-refractivity contribution in [3.05, 3.63) is 48.0 Å². The summed E-state index contributed by atoms with van der Waals surface area (Å²) < 4.78 is 1.14. The second kappa shape index (κ2) is 7.46. The number of amides is 4. The zero-order chi connectivity index (χ0) is 21.6. The Morgan fingerprint density at radius 3 is 2.65 bits per heavy atom. The van der Waals surface area contributed by atoms with E-state index in [2.05, 4.69) is 28.6 Å². The topological polar surface area (TPSA) is 91.4 Å². The van der Waals surface area contributed by atoms with Crippen molar-refractivity contribution in [2.45, 2.75) is 38.1 Å². The Balaban J connectivity index is 1.25. The predicted molar refractivity (Wildman–Crippen MR) is 120 cm³/mol. The fourth-order valence-corrected chi connectivity index (χ4v) is 5.40. The molecular formula is C23H22N4O3S. The molecule has 31 heavy (non-hydrogen) atoms. The molecular weight excluding hydrogens is 412 g/mol. The molecule has 2 N–H and O–H groups in total. The number of carbonyl (C=O) groups excluding carboxylic acids is 3. The van der Waals surface area contributed by atoms with Gasteiger partial charge < -0.3 is 10.6 Å². The van der Waals surface area contributed by atoms with Crippen molar-refractivity contribution in [1.29, 1.82) is 0 Å². The molecule has 8 heteroatoms. The number of nitrogens with one attached hydrogen (secondary N) is 2. The largest absolute Gasteiger partial charge is 0.325 e. The van der Waals surface area contributed by atoms with Crippen LogP contribution in [-0.2, 0) is 9.59 Å². The van der Waals surface area contributed by atoms with Crippen LogP contribution < -0.4 is 10.6 Å². The number of nitrogens with zero attached hydrogens (tertiary/aromatic N) is 2. The second-order valence-electron chi connectivity index (χ2n) is 8.23. The molecule has 0 unspecified atom stereocenters. The maximum atomic E-state index is 12.7. The fourth-order valence-electron chi connectivity index (χ4n) is 4.33. The van der Waals surface area contributed by atoms with Crippen molar-refractivity contribution in [2.24, 2.45) is 0 Å². The summed E-state index contributed by atoms with van der Waals surface area (Å²) in [7, 11) is 0. The average molecular weight is 435 g/mol. The number of rotatable bonds is 4. The van der Waals surface area contributed by atoms with Crippen LogP contribution in [0.15, 0.2) is 42.5 Å². The van der Waals surface area contributed by atoms with Crippen LogP contribution in [0.1, 0.15) is 31.2 Å². The number of hydrogen-bond acceptors (Lipinski definition) is 5. The summed E-state index contributed by atoms with van der Waals surface area (Å²) in [4.78, 5) is 43.1. The highest BCUT2D eigenvalue weighted by Crippen LogP contribution is 2.35. The van der Waals surface area contributed by atoms with Gasteiger partial charge in [0, 0.05) is 11.3 Å². The summed E-state index contributed by atoms with van der Waals surface area (Å²) in [6, 6.07) is 13.1. The van der Waals surface area contributed by atoms with Gasteiger partial charge in [-0.3, -0.25) is 14.5 Å². The van der Waals surface area contributed by atoms with Crippen molar-refractivity contribution in [3.63, 3.8) is 0 Å². The molecule has 1 aliphatic carbocycles. The molecule has 1 spiro atoms. The zero-order valence-corrected chi connectivity index (χ0v) is 17.9. The molecule has 2 aliphatic rings. The lowest BCUT2D eigenvalue weighted by Gasteiger charge is -2.19. The molecule has 158 valence electrons. The van der Waals surface area contributed by atoms with Crippen LogP contribution >= 0.6 is 11.3 Å². The molecule has 0 radical (unpaired) electrons. The van der Waals surface area contributed by atoms with Crippen LogP contribution in [0.25, 0.3) is 20.8 Å². The molecule has 3 aromatic rings. The lowest BCUT2D eigenvalue weighted by molar-refractivity contribution is -0.133. The van der Waals surface area contributed by atoms with Gasteiger partial charge in [0.2, 0.25) is 5.91 Å². The predicted octanol–water partition coefficient (Wildman–Crippen LogP) is 4.07. The first-order valence-corrected chi connectivity index (χ1v) is 11.2. The number of anilines is 1. The van der Waals surface area contributed by atoms with Gasteiger partial charge in [0.05, 0.1) is 10.2 Å². The monoisotopic (exact) mass is 434 g/mol. The van der Waals surface area contributed by atoms with Crippen molar-refractivity contribution >= 4 is 45.1 Å². The quantitative estimate of drug-likeness (QED) is 0.606. The molecule has 5 rings (SSSR count). The Hall–Kier alpha value is -3.26. The molecule has 1 saturated heterocycles. The molecule has 1 saturated carbocycles. The first kappa shape index (κ1) is 19.7. The summed E-state index contributed by atoms with van der Waals surface area (Å²) in [6.45, 7) is 1.77. The second-order valence-corrected chi connectivity index (χ2v) is 9.26. The Kier molecular flexibility index (Phi) is 4.74. The molecule has 2 aromatic carbocycles. The molecule has 2 heterocycles. The Morgan fingerprint density at radius 1 is 1.16 bits per heavy atom. The van der Waals surface area contributed by atoms with Crippen LogP contribution in [0.4, 0.5) is 10.5 Å². The van der Waals surface area contributed by atoms with Crippen LogP contribution in [-0.4, -0.2) is 39.8 Å². The molecule has 0 bridgehead atoms. The van der Waals surface area contributed by atoms with Gasteiger partial charge in [-0.1, -0.05) is 18.9 Å². The highest BCUT2D eigenvalue weighted by Gasteiger charge is 2.52. The zero-order valence-electron chi connectivity index (χ0n) is 17.1. The Morgan fingerprint density at radius 2 is 1.90 bits per heavy atom. The highest BCUT2D eigenvalue weighted by molar-refractivity contribution is 7.21. The van der Waals surface area contributed by atoms with Crippen LogP contribution in [0, 0.1) is 6.92 Å². The van der Waals surface area contributed by atoms with E-state index in [0.717, 1.165) is 38.5 Å². The van der Waals surface area contributed by atoms with E-state index in [1.807, 2.05) is 24.3 Å². The Bertz CT molecular complexity index is 1200. The minimum atomic E-state index is -0.797. The van der Waals surface area contributed by atoms with E-state index < -0.39 is 17.5 Å². The average Bonchev–Trinajstić information content (AvgIpc) is 3.44. The van der Waals surface area contributed by atoms with Gasteiger partial charge in [-0.05, 0) is 61.7 Å². The molecule has 4 amide bonds. The van der Waals surface area contributed by atoms with Gasteiger partial charge in [0.25, 0.3) is 5.91 Å². The number of carbonyl (C=O) groups is 3. The maximum Gasteiger partial charge on any atom is 0.325 e. The van der Waals surface area contributed by atoms with Gasteiger partial charge >= 0.3 is 6.03 Å². The third-order valence-electron chi connectivity index (χ3n) is 5.96. The number of aromatic nitrogens is 1. The van der Waals surface area contributed by atoms with E-state index >= 15 is 0 Å². The smallest absolute Gasteiger partial charge is 0.325 e. The lowest BCUT2D eigenvalue weighted by Crippen LogP contribution is -2.44. The van der Waals surface area contributed by atoms with Crippen molar-refractivity contribution < 1.29 is 14.4 Å². The van der Waals surface area contributed by atoms with Crippen LogP contribution in [0.3, 0.4) is 0 Å². The van der Waals surface area contributed by atoms with Crippen molar-refractivity contribution in [1.82, 2.24) is 15.2 Å². The number of imide groups is 1. The molecule has 7 nitrogen and oxygen atoms in total. The third-order valence-corrected chi connectivity index (χ3v) is 7.03. The number of hydrogen-bond donors (Lipinski definition) is 2. The Labute approximate surface area is 183 Å². The SMILES string of the molecule is Cc1ccc2nc(-c3ccc(NC(=O)CN4C(=O)NC5(CCCC5)C4=O)cc3)sc2c1. The van der Waals surface area contributed by atoms with E-state index in [4.69, 9.17) is 0 Å². The first-order valence-electron chi connectivity index (χ1n) is 10.4.